The molecule has 8 nitrogen and oxygen atoms in total. The fraction of sp³-hybridized carbons (Fsp3) is 0.400. The quantitative estimate of drug-likeness (QED) is 0.795. The van der Waals surface area contributed by atoms with E-state index in [0.29, 0.717) is 37.2 Å². The van der Waals surface area contributed by atoms with Crippen LogP contribution in [0.15, 0.2) is 42.6 Å². The van der Waals surface area contributed by atoms with E-state index in [0.717, 1.165) is 18.4 Å². The van der Waals surface area contributed by atoms with E-state index >= 15 is 0 Å². The number of aromatic nitrogens is 2. The maximum atomic E-state index is 12.2. The van der Waals surface area contributed by atoms with Crippen LogP contribution in [0.5, 0.6) is 0 Å². The molecule has 2 amide bonds. The highest BCUT2D eigenvalue weighted by atomic mass is 16.6. The molecule has 2 aromatic rings. The molecule has 0 saturated carbocycles. The first-order valence-corrected chi connectivity index (χ1v) is 9.40. The van der Waals surface area contributed by atoms with E-state index in [4.69, 9.17) is 4.74 Å². The van der Waals surface area contributed by atoms with Crippen molar-refractivity contribution in [2.75, 3.05) is 32.0 Å². The number of anilines is 1. The molecule has 1 aliphatic heterocycles. The maximum Gasteiger partial charge on any atom is 0.410 e. The Bertz CT molecular complexity index is 791. The minimum atomic E-state index is -0.285. The number of nitrogens with zero attached hydrogens (tertiary/aromatic N) is 3. The minimum Gasteiger partial charge on any atom is -0.445 e. The van der Waals surface area contributed by atoms with Crippen LogP contribution in [0.4, 0.5) is 10.7 Å². The molecule has 2 N–H and O–H groups in total. The van der Waals surface area contributed by atoms with E-state index in [2.05, 4.69) is 20.6 Å². The van der Waals surface area contributed by atoms with Gasteiger partial charge < -0.3 is 20.3 Å². The Hall–Kier alpha value is -3.16. The van der Waals surface area contributed by atoms with E-state index in [-0.39, 0.29) is 18.6 Å². The number of amides is 2. The molecule has 1 aromatic carbocycles. The summed E-state index contributed by atoms with van der Waals surface area (Å²) in [5.41, 5.74) is 1.31. The maximum absolute atomic E-state index is 12.2. The molecule has 0 unspecified atom stereocenters. The van der Waals surface area contributed by atoms with Gasteiger partial charge in [-0.25, -0.2) is 14.8 Å². The first-order valence-electron chi connectivity index (χ1n) is 9.40. The third kappa shape index (κ3) is 5.42. The Morgan fingerprint density at radius 3 is 2.64 bits per heavy atom. The Kier molecular flexibility index (Phi) is 6.78. The molecule has 0 radical (unpaired) electrons. The summed E-state index contributed by atoms with van der Waals surface area (Å²) in [5.74, 6) is 0.520. The zero-order chi connectivity index (χ0) is 19.8. The Balaban J connectivity index is 1.39. The highest BCUT2D eigenvalue weighted by Gasteiger charge is 2.24. The molecule has 0 aliphatic carbocycles. The van der Waals surface area contributed by atoms with Gasteiger partial charge in [0.05, 0.1) is 0 Å². The van der Waals surface area contributed by atoms with Crippen molar-refractivity contribution in [2.45, 2.75) is 19.4 Å². The zero-order valence-corrected chi connectivity index (χ0v) is 15.9. The molecule has 8 heteroatoms. The lowest BCUT2D eigenvalue weighted by atomic mass is 9.97. The predicted molar refractivity (Wildman–Crippen MR) is 105 cm³/mol. The highest BCUT2D eigenvalue weighted by molar-refractivity contribution is 5.92. The minimum absolute atomic E-state index is 0.219. The van der Waals surface area contributed by atoms with Gasteiger partial charge in [0.15, 0.2) is 0 Å². The van der Waals surface area contributed by atoms with E-state index in [1.165, 1.54) is 0 Å². The number of rotatable bonds is 6. The van der Waals surface area contributed by atoms with E-state index in [1.807, 2.05) is 30.3 Å². The summed E-state index contributed by atoms with van der Waals surface area (Å²) in [6.45, 7) is 2.10. The van der Waals surface area contributed by atoms with Crippen LogP contribution in [-0.2, 0) is 11.3 Å². The van der Waals surface area contributed by atoms with Crippen LogP contribution in [-0.4, -0.2) is 53.6 Å². The molecule has 1 saturated heterocycles. The molecule has 0 atom stereocenters. The van der Waals surface area contributed by atoms with Gasteiger partial charge in [-0.3, -0.25) is 4.79 Å². The number of piperidine rings is 1. The molecular weight excluding hydrogens is 358 g/mol. The van der Waals surface area contributed by atoms with Crippen molar-refractivity contribution in [3.8, 4) is 0 Å². The molecule has 1 aromatic heterocycles. The highest BCUT2D eigenvalue weighted by Crippen LogP contribution is 2.17. The lowest BCUT2D eigenvalue weighted by molar-refractivity contribution is 0.0800. The summed E-state index contributed by atoms with van der Waals surface area (Å²) in [5, 5.41) is 5.73. The standard InChI is InChI=1S/C20H25N5O3/c1-21-19-22-10-7-17(24-19)18(26)23-13-15-8-11-25(12-9-15)20(27)28-14-16-5-3-2-4-6-16/h2-7,10,15H,8-9,11-14H2,1H3,(H,23,26)(H,21,22,24). The molecular formula is C20H25N5O3. The second-order valence-electron chi connectivity index (χ2n) is 6.70. The van der Waals surface area contributed by atoms with Crippen molar-refractivity contribution in [1.29, 1.82) is 0 Å². The predicted octanol–water partition coefficient (Wildman–Crippen LogP) is 2.30. The number of carbonyl (C=O) groups is 2. The average molecular weight is 383 g/mol. The van der Waals surface area contributed by atoms with Crippen molar-refractivity contribution in [3.05, 3.63) is 53.9 Å². The smallest absolute Gasteiger partial charge is 0.410 e. The fourth-order valence-corrected chi connectivity index (χ4v) is 3.06. The number of nitrogens with one attached hydrogen (secondary N) is 2. The summed E-state index contributed by atoms with van der Waals surface area (Å²) in [6.07, 6.45) is 2.91. The lowest BCUT2D eigenvalue weighted by Gasteiger charge is -2.31. The zero-order valence-electron chi connectivity index (χ0n) is 15.9. The lowest BCUT2D eigenvalue weighted by Crippen LogP contribution is -2.41. The van der Waals surface area contributed by atoms with Crippen LogP contribution in [0.25, 0.3) is 0 Å². The third-order valence-corrected chi connectivity index (χ3v) is 4.74. The molecule has 148 valence electrons. The molecule has 3 rings (SSSR count). The van der Waals surface area contributed by atoms with Gasteiger partial charge in [0.1, 0.15) is 12.3 Å². The average Bonchev–Trinajstić information content (AvgIpc) is 2.77. The van der Waals surface area contributed by atoms with Gasteiger partial charge in [0.25, 0.3) is 5.91 Å². The van der Waals surface area contributed by atoms with Crippen molar-refractivity contribution >= 4 is 17.9 Å². The Labute approximate surface area is 164 Å². The first-order chi connectivity index (χ1) is 13.7. The van der Waals surface area contributed by atoms with Gasteiger partial charge in [-0.05, 0) is 30.4 Å². The van der Waals surface area contributed by atoms with Crippen LogP contribution in [0, 0.1) is 5.92 Å². The fourth-order valence-electron chi connectivity index (χ4n) is 3.06. The largest absolute Gasteiger partial charge is 0.445 e. The Morgan fingerprint density at radius 1 is 1.18 bits per heavy atom. The van der Waals surface area contributed by atoms with E-state index in [1.54, 1.807) is 24.2 Å². The summed E-state index contributed by atoms with van der Waals surface area (Å²) >= 11 is 0. The normalized spacial score (nSPS) is 14.4. The molecule has 0 spiro atoms. The molecule has 1 fully saturated rings. The molecule has 1 aliphatic rings. The Morgan fingerprint density at radius 2 is 1.93 bits per heavy atom. The van der Waals surface area contributed by atoms with Crippen molar-refractivity contribution < 1.29 is 14.3 Å². The number of likely N-dealkylation sites (tertiary alicyclic amines) is 1. The van der Waals surface area contributed by atoms with Gasteiger partial charge in [0.2, 0.25) is 5.95 Å². The van der Waals surface area contributed by atoms with Crippen LogP contribution in [0.3, 0.4) is 0 Å². The van der Waals surface area contributed by atoms with Gasteiger partial charge >= 0.3 is 6.09 Å². The van der Waals surface area contributed by atoms with Crippen LogP contribution in [0.2, 0.25) is 0 Å². The number of hydrogen-bond acceptors (Lipinski definition) is 6. The first kappa shape index (κ1) is 19.6. The van der Waals surface area contributed by atoms with Crippen LogP contribution >= 0.6 is 0 Å². The summed E-state index contributed by atoms with van der Waals surface area (Å²) < 4.78 is 5.38. The van der Waals surface area contributed by atoms with Gasteiger partial charge in [-0.1, -0.05) is 30.3 Å². The molecule has 0 bridgehead atoms. The van der Waals surface area contributed by atoms with Crippen LogP contribution < -0.4 is 10.6 Å². The monoisotopic (exact) mass is 383 g/mol. The SMILES string of the molecule is CNc1nccc(C(=O)NCC2CCN(C(=O)OCc3ccccc3)CC2)n1. The molecule has 28 heavy (non-hydrogen) atoms. The second-order valence-corrected chi connectivity index (χ2v) is 6.70. The summed E-state index contributed by atoms with van der Waals surface area (Å²) in [6, 6.07) is 11.2. The van der Waals surface area contributed by atoms with Gasteiger partial charge in [-0.2, -0.15) is 0 Å². The second kappa shape index (κ2) is 9.68. The van der Waals surface area contributed by atoms with Crippen molar-refractivity contribution in [1.82, 2.24) is 20.2 Å². The van der Waals surface area contributed by atoms with E-state index < -0.39 is 0 Å². The van der Waals surface area contributed by atoms with Gasteiger partial charge in [0, 0.05) is 32.9 Å². The number of hydrogen-bond donors (Lipinski definition) is 2. The topological polar surface area (TPSA) is 96.5 Å². The third-order valence-electron chi connectivity index (χ3n) is 4.74. The number of carbonyl (C=O) groups excluding carboxylic acids is 2. The number of ether oxygens (including phenoxy) is 1. The van der Waals surface area contributed by atoms with Crippen molar-refractivity contribution in [3.63, 3.8) is 0 Å². The summed E-state index contributed by atoms with van der Waals surface area (Å²) in [4.78, 5) is 34.3. The van der Waals surface area contributed by atoms with Gasteiger partial charge in [-0.15, -0.1) is 0 Å². The van der Waals surface area contributed by atoms with Crippen LogP contribution in [0.1, 0.15) is 28.9 Å². The summed E-state index contributed by atoms with van der Waals surface area (Å²) in [7, 11) is 1.70. The number of benzene rings is 1. The van der Waals surface area contributed by atoms with Crippen molar-refractivity contribution in [2.24, 2.45) is 5.92 Å². The molecule has 2 heterocycles. The van der Waals surface area contributed by atoms with E-state index in [9.17, 15) is 9.59 Å².